The second-order valence-electron chi connectivity index (χ2n) is 3.64. The van der Waals surface area contributed by atoms with Gasteiger partial charge in [-0.25, -0.2) is 0 Å². The van der Waals surface area contributed by atoms with Gasteiger partial charge in [0.1, 0.15) is 0 Å². The van der Waals surface area contributed by atoms with Crippen LogP contribution in [0.3, 0.4) is 0 Å². The van der Waals surface area contributed by atoms with E-state index >= 15 is 0 Å². The summed E-state index contributed by atoms with van der Waals surface area (Å²) in [6, 6.07) is 0. The molecule has 1 heterocycles. The van der Waals surface area contributed by atoms with Crippen LogP contribution in [0.1, 0.15) is 32.6 Å². The van der Waals surface area contributed by atoms with Crippen molar-refractivity contribution >= 4 is 0 Å². The number of aliphatic hydroxyl groups excluding tert-OH is 1. The summed E-state index contributed by atoms with van der Waals surface area (Å²) >= 11 is 0. The predicted octanol–water partition coefficient (Wildman–Crippen LogP) is 1.15. The van der Waals surface area contributed by atoms with E-state index in [1.165, 1.54) is 6.42 Å². The zero-order chi connectivity index (χ0) is 9.52. The van der Waals surface area contributed by atoms with Gasteiger partial charge in [0.2, 0.25) is 0 Å². The largest absolute Gasteiger partial charge is 0.393 e. The second kappa shape index (κ2) is 6.01. The monoisotopic (exact) mass is 181 g/mol. The van der Waals surface area contributed by atoms with E-state index in [9.17, 15) is 5.11 Å². The summed E-state index contributed by atoms with van der Waals surface area (Å²) in [6.07, 6.45) is 3.85. The van der Waals surface area contributed by atoms with Crippen LogP contribution in [0.5, 0.6) is 0 Å². The number of rotatable bonds is 3. The number of nitrogens with one attached hydrogen (secondary N) is 1. The van der Waals surface area contributed by atoms with Crippen LogP contribution in [0.4, 0.5) is 0 Å². The van der Waals surface area contributed by atoms with E-state index in [4.69, 9.17) is 0 Å². The minimum atomic E-state index is -0.159. The highest BCUT2D eigenvalue weighted by atomic mass is 16.3. The van der Waals surface area contributed by atoms with Crippen LogP contribution in [0.2, 0.25) is 0 Å². The van der Waals surface area contributed by atoms with Gasteiger partial charge in [0, 0.05) is 13.0 Å². The Morgan fingerprint density at radius 3 is 3.08 bits per heavy atom. The van der Waals surface area contributed by atoms with Gasteiger partial charge in [0.25, 0.3) is 0 Å². The molecule has 2 N–H and O–H groups in total. The van der Waals surface area contributed by atoms with Crippen LogP contribution in [0.15, 0.2) is 0 Å². The van der Waals surface area contributed by atoms with Crippen LogP contribution in [0.25, 0.3) is 0 Å². The van der Waals surface area contributed by atoms with Gasteiger partial charge in [-0.3, -0.25) is 0 Å². The first-order valence-electron chi connectivity index (χ1n) is 5.13. The van der Waals surface area contributed by atoms with Gasteiger partial charge in [-0.05, 0) is 38.6 Å². The molecule has 2 atom stereocenters. The van der Waals surface area contributed by atoms with Crippen LogP contribution in [-0.2, 0) is 0 Å². The number of piperidine rings is 1. The Labute approximate surface area is 80.7 Å². The Bertz CT molecular complexity index is 186. The summed E-state index contributed by atoms with van der Waals surface area (Å²) in [5.74, 6) is 6.29. The van der Waals surface area contributed by atoms with Gasteiger partial charge in [-0.1, -0.05) is 0 Å². The average Bonchev–Trinajstić information content (AvgIpc) is 2.19. The van der Waals surface area contributed by atoms with Gasteiger partial charge in [-0.15, -0.1) is 11.8 Å². The minimum absolute atomic E-state index is 0.159. The van der Waals surface area contributed by atoms with Crippen LogP contribution >= 0.6 is 0 Å². The van der Waals surface area contributed by atoms with Crippen molar-refractivity contribution in [2.45, 2.75) is 38.7 Å². The summed E-state index contributed by atoms with van der Waals surface area (Å²) < 4.78 is 0. The van der Waals surface area contributed by atoms with Crippen LogP contribution in [0, 0.1) is 17.8 Å². The second-order valence-corrected chi connectivity index (χ2v) is 3.64. The Hall–Kier alpha value is -0.520. The molecule has 0 aromatic heterocycles. The highest BCUT2D eigenvalue weighted by Gasteiger charge is 2.20. The highest BCUT2D eigenvalue weighted by Crippen LogP contribution is 2.17. The normalized spacial score (nSPS) is 24.6. The van der Waals surface area contributed by atoms with Crippen LogP contribution < -0.4 is 5.32 Å². The standard InChI is InChI=1S/C11H19NO/c1-2-3-4-7-11(13)10-6-5-8-12-9-10/h10-13H,4-9H2,1H3. The Kier molecular flexibility index (Phi) is 4.88. The van der Waals surface area contributed by atoms with Gasteiger partial charge < -0.3 is 10.4 Å². The van der Waals surface area contributed by atoms with Crippen molar-refractivity contribution in [2.24, 2.45) is 5.92 Å². The minimum Gasteiger partial charge on any atom is -0.393 e. The summed E-state index contributed by atoms with van der Waals surface area (Å²) in [7, 11) is 0. The molecule has 1 saturated heterocycles. The number of hydrogen-bond donors (Lipinski definition) is 2. The number of aliphatic hydroxyl groups is 1. The van der Waals surface area contributed by atoms with E-state index in [0.717, 1.165) is 32.4 Å². The predicted molar refractivity (Wildman–Crippen MR) is 54.3 cm³/mol. The zero-order valence-corrected chi connectivity index (χ0v) is 8.34. The fraction of sp³-hybridized carbons (Fsp3) is 0.818. The molecule has 74 valence electrons. The molecule has 0 spiro atoms. The lowest BCUT2D eigenvalue weighted by atomic mass is 9.91. The molecule has 1 rings (SSSR count). The first kappa shape index (κ1) is 10.6. The van der Waals surface area contributed by atoms with Gasteiger partial charge in [0.05, 0.1) is 6.10 Å². The van der Waals surface area contributed by atoms with Gasteiger partial charge in [0.15, 0.2) is 0 Å². The Morgan fingerprint density at radius 2 is 2.46 bits per heavy atom. The first-order chi connectivity index (χ1) is 6.34. The molecule has 0 amide bonds. The smallest absolute Gasteiger partial charge is 0.0589 e. The third kappa shape index (κ3) is 3.80. The SMILES string of the molecule is CC#CCCC(O)C1CCCNC1. The molecule has 1 aliphatic heterocycles. The van der Waals surface area contributed by atoms with E-state index in [1.807, 2.05) is 6.92 Å². The van der Waals surface area contributed by atoms with Gasteiger partial charge >= 0.3 is 0 Å². The highest BCUT2D eigenvalue weighted by molar-refractivity contribution is 4.95. The maximum Gasteiger partial charge on any atom is 0.0589 e. The van der Waals surface area contributed by atoms with Crippen molar-refractivity contribution in [3.63, 3.8) is 0 Å². The summed E-state index contributed by atoms with van der Waals surface area (Å²) in [5, 5.41) is 13.1. The molecule has 1 aliphatic rings. The van der Waals surface area contributed by atoms with Crippen molar-refractivity contribution in [2.75, 3.05) is 13.1 Å². The molecule has 0 saturated carbocycles. The number of hydrogen-bond acceptors (Lipinski definition) is 2. The van der Waals surface area contributed by atoms with Crippen molar-refractivity contribution in [3.8, 4) is 11.8 Å². The molecule has 0 aromatic rings. The Morgan fingerprint density at radius 1 is 1.62 bits per heavy atom. The average molecular weight is 181 g/mol. The molecule has 0 aliphatic carbocycles. The van der Waals surface area contributed by atoms with E-state index < -0.39 is 0 Å². The summed E-state index contributed by atoms with van der Waals surface area (Å²) in [4.78, 5) is 0. The van der Waals surface area contributed by atoms with E-state index in [-0.39, 0.29) is 6.10 Å². The molecule has 13 heavy (non-hydrogen) atoms. The topological polar surface area (TPSA) is 32.3 Å². The summed E-state index contributed by atoms with van der Waals surface area (Å²) in [5.41, 5.74) is 0. The third-order valence-corrected chi connectivity index (χ3v) is 2.62. The maximum atomic E-state index is 9.79. The maximum absolute atomic E-state index is 9.79. The Balaban J connectivity index is 2.19. The molecule has 0 radical (unpaired) electrons. The molecule has 2 nitrogen and oxygen atoms in total. The fourth-order valence-electron chi connectivity index (χ4n) is 1.79. The van der Waals surface area contributed by atoms with Gasteiger partial charge in [-0.2, -0.15) is 0 Å². The molecule has 1 fully saturated rings. The van der Waals surface area contributed by atoms with Crippen molar-refractivity contribution in [3.05, 3.63) is 0 Å². The first-order valence-corrected chi connectivity index (χ1v) is 5.13. The lowest BCUT2D eigenvalue weighted by Crippen LogP contribution is -2.36. The van der Waals surface area contributed by atoms with Crippen molar-refractivity contribution in [1.29, 1.82) is 0 Å². The molecule has 0 aromatic carbocycles. The molecular formula is C11H19NO. The molecular weight excluding hydrogens is 162 g/mol. The molecule has 2 heteroatoms. The summed E-state index contributed by atoms with van der Waals surface area (Å²) in [6.45, 7) is 3.92. The fourth-order valence-corrected chi connectivity index (χ4v) is 1.79. The quantitative estimate of drug-likeness (QED) is 0.640. The zero-order valence-electron chi connectivity index (χ0n) is 8.34. The van der Waals surface area contributed by atoms with Crippen LogP contribution in [-0.4, -0.2) is 24.3 Å². The van der Waals surface area contributed by atoms with E-state index in [0.29, 0.717) is 5.92 Å². The lowest BCUT2D eigenvalue weighted by molar-refractivity contribution is 0.0855. The molecule has 0 bridgehead atoms. The van der Waals surface area contributed by atoms with E-state index in [2.05, 4.69) is 17.2 Å². The van der Waals surface area contributed by atoms with Crippen molar-refractivity contribution in [1.82, 2.24) is 5.32 Å². The van der Waals surface area contributed by atoms with E-state index in [1.54, 1.807) is 0 Å². The van der Waals surface area contributed by atoms with Crippen molar-refractivity contribution < 1.29 is 5.11 Å². The molecule has 2 unspecified atom stereocenters. The lowest BCUT2D eigenvalue weighted by Gasteiger charge is -2.26. The third-order valence-electron chi connectivity index (χ3n) is 2.62.